The van der Waals surface area contributed by atoms with Gasteiger partial charge in [-0.15, -0.1) is 0 Å². The first kappa shape index (κ1) is 10.9. The molecule has 0 aliphatic rings. The average molecular weight is 211 g/mol. The van der Waals surface area contributed by atoms with Crippen LogP contribution in [0.15, 0.2) is 29.2 Å². The summed E-state index contributed by atoms with van der Waals surface area (Å²) in [6.07, 6.45) is 0.960. The van der Waals surface area contributed by atoms with Gasteiger partial charge in [0.1, 0.15) is 0 Å². The molecule has 0 spiro atoms. The smallest absolute Gasteiger partial charge is 0.327 e. The molecule has 0 heterocycles. The van der Waals surface area contributed by atoms with E-state index in [4.69, 9.17) is 5.73 Å². The average Bonchev–Trinajstić information content (AvgIpc) is 2.18. The van der Waals surface area contributed by atoms with E-state index in [0.717, 1.165) is 11.3 Å². The Kier molecular flexibility index (Phi) is 4.28. The lowest BCUT2D eigenvalue weighted by atomic mass is 10.2. The third-order valence-electron chi connectivity index (χ3n) is 1.69. The lowest BCUT2D eigenvalue weighted by Gasteiger charge is -2.07. The minimum absolute atomic E-state index is 0.591. The third kappa shape index (κ3) is 3.27. The van der Waals surface area contributed by atoms with Crippen LogP contribution in [0.4, 0.5) is 4.79 Å². The van der Waals surface area contributed by atoms with Gasteiger partial charge in [-0.05, 0) is 30.0 Å². The Hall–Kier alpha value is -1.20. The Morgan fingerprint density at radius 1 is 1.50 bits per heavy atom. The van der Waals surface area contributed by atoms with Crippen LogP contribution >= 0.6 is 11.9 Å². The van der Waals surface area contributed by atoms with Crippen molar-refractivity contribution in [2.75, 3.05) is 0 Å². The summed E-state index contributed by atoms with van der Waals surface area (Å²) in [6.45, 7) is 2.08. The van der Waals surface area contributed by atoms with Crippen molar-refractivity contribution >= 4 is 18.0 Å². The van der Waals surface area contributed by atoms with Gasteiger partial charge >= 0.3 is 6.03 Å². The molecule has 2 amide bonds. The molecule has 0 saturated carbocycles. The molecule has 0 unspecified atom stereocenters. The first-order chi connectivity index (χ1) is 6.74. The monoisotopic (exact) mass is 211 g/mol. The van der Waals surface area contributed by atoms with E-state index >= 15 is 0 Å². The SMILES string of the molecule is CCc1ccccc1SNNC(N)=O. The Labute approximate surface area is 87.4 Å². The first-order valence-electron chi connectivity index (χ1n) is 4.29. The van der Waals surface area contributed by atoms with E-state index in [9.17, 15) is 4.79 Å². The van der Waals surface area contributed by atoms with Crippen molar-refractivity contribution in [3.63, 3.8) is 0 Å². The third-order valence-corrected chi connectivity index (χ3v) is 2.51. The lowest BCUT2D eigenvalue weighted by molar-refractivity contribution is 0.248. The Morgan fingerprint density at radius 2 is 2.21 bits per heavy atom. The number of benzene rings is 1. The molecular weight excluding hydrogens is 198 g/mol. The molecule has 5 heteroatoms. The molecule has 0 saturated heterocycles. The van der Waals surface area contributed by atoms with Crippen molar-refractivity contribution in [1.82, 2.24) is 10.3 Å². The number of nitrogens with two attached hydrogens (primary N) is 1. The predicted molar refractivity (Wildman–Crippen MR) is 57.5 cm³/mol. The molecule has 0 fully saturated rings. The van der Waals surface area contributed by atoms with Crippen molar-refractivity contribution < 1.29 is 4.79 Å². The Balaban J connectivity index is 2.53. The Bertz CT molecular complexity index is 317. The molecular formula is C9H13N3OS. The van der Waals surface area contributed by atoms with Gasteiger partial charge in [0.05, 0.1) is 0 Å². The van der Waals surface area contributed by atoms with Crippen LogP contribution in [0.2, 0.25) is 0 Å². The number of urea groups is 1. The van der Waals surface area contributed by atoms with Gasteiger partial charge in [0.15, 0.2) is 0 Å². The zero-order chi connectivity index (χ0) is 10.4. The summed E-state index contributed by atoms with van der Waals surface area (Å²) in [5.41, 5.74) is 8.43. The van der Waals surface area contributed by atoms with Crippen LogP contribution < -0.4 is 16.0 Å². The predicted octanol–water partition coefficient (Wildman–Crippen LogP) is 1.43. The van der Waals surface area contributed by atoms with Gasteiger partial charge in [-0.25, -0.2) is 4.79 Å². The number of primary amides is 1. The van der Waals surface area contributed by atoms with Gasteiger partial charge < -0.3 is 5.73 Å². The molecule has 0 radical (unpaired) electrons. The highest BCUT2D eigenvalue weighted by Gasteiger charge is 1.99. The maximum absolute atomic E-state index is 10.4. The zero-order valence-corrected chi connectivity index (χ0v) is 8.73. The van der Waals surface area contributed by atoms with E-state index < -0.39 is 6.03 Å². The van der Waals surface area contributed by atoms with E-state index in [1.165, 1.54) is 17.5 Å². The van der Waals surface area contributed by atoms with Gasteiger partial charge in [0.25, 0.3) is 0 Å². The summed E-state index contributed by atoms with van der Waals surface area (Å²) < 4.78 is 0. The van der Waals surface area contributed by atoms with Crippen LogP contribution in [0.1, 0.15) is 12.5 Å². The highest BCUT2D eigenvalue weighted by atomic mass is 32.2. The number of hydrazine groups is 1. The van der Waals surface area contributed by atoms with E-state index in [2.05, 4.69) is 17.2 Å². The quantitative estimate of drug-likeness (QED) is 0.521. The fraction of sp³-hybridized carbons (Fsp3) is 0.222. The number of amides is 2. The molecule has 0 aliphatic carbocycles. The van der Waals surface area contributed by atoms with Crippen molar-refractivity contribution in [2.45, 2.75) is 18.2 Å². The maximum Gasteiger partial charge on any atom is 0.327 e. The fourth-order valence-electron chi connectivity index (χ4n) is 1.03. The van der Waals surface area contributed by atoms with E-state index in [0.29, 0.717) is 0 Å². The standard InChI is InChI=1S/C9H13N3OS/c1-2-7-5-3-4-6-8(7)14-12-11-9(10)13/h3-6,12H,2H2,1H3,(H3,10,11,13). The molecule has 1 aromatic carbocycles. The summed E-state index contributed by atoms with van der Waals surface area (Å²) in [4.78, 5) is 14.1. The molecule has 0 aromatic heterocycles. The van der Waals surface area contributed by atoms with Gasteiger partial charge in [0, 0.05) is 4.90 Å². The summed E-state index contributed by atoms with van der Waals surface area (Å²) >= 11 is 1.34. The highest BCUT2D eigenvalue weighted by Crippen LogP contribution is 2.19. The van der Waals surface area contributed by atoms with Crippen LogP contribution in [0, 0.1) is 0 Å². The molecule has 0 bridgehead atoms. The molecule has 0 atom stereocenters. The topological polar surface area (TPSA) is 67.2 Å². The minimum atomic E-state index is -0.591. The van der Waals surface area contributed by atoms with Crippen LogP contribution in [0.5, 0.6) is 0 Å². The number of carbonyl (C=O) groups excluding carboxylic acids is 1. The molecule has 76 valence electrons. The van der Waals surface area contributed by atoms with Crippen molar-refractivity contribution in [2.24, 2.45) is 5.73 Å². The number of carbonyl (C=O) groups is 1. The second-order valence-electron chi connectivity index (χ2n) is 2.65. The van der Waals surface area contributed by atoms with Gasteiger partial charge in [0.2, 0.25) is 0 Å². The second kappa shape index (κ2) is 5.51. The van der Waals surface area contributed by atoms with E-state index in [-0.39, 0.29) is 0 Å². The fourth-order valence-corrected chi connectivity index (χ4v) is 1.78. The largest absolute Gasteiger partial charge is 0.351 e. The Morgan fingerprint density at radius 3 is 2.86 bits per heavy atom. The van der Waals surface area contributed by atoms with Crippen LogP contribution in [0.3, 0.4) is 0 Å². The first-order valence-corrected chi connectivity index (χ1v) is 5.11. The number of rotatable bonds is 4. The highest BCUT2D eigenvalue weighted by molar-refractivity contribution is 7.97. The van der Waals surface area contributed by atoms with Gasteiger partial charge in [-0.3, -0.25) is 5.43 Å². The molecule has 0 aliphatic heterocycles. The second-order valence-corrected chi connectivity index (χ2v) is 3.50. The molecule has 4 nitrogen and oxygen atoms in total. The van der Waals surface area contributed by atoms with Crippen molar-refractivity contribution in [3.8, 4) is 0 Å². The normalized spacial score (nSPS) is 9.79. The number of hydrogen-bond donors (Lipinski definition) is 3. The van der Waals surface area contributed by atoms with Crippen LogP contribution in [0.25, 0.3) is 0 Å². The van der Waals surface area contributed by atoms with Crippen molar-refractivity contribution in [3.05, 3.63) is 29.8 Å². The number of aryl methyl sites for hydroxylation is 1. The summed E-state index contributed by atoms with van der Waals surface area (Å²) in [5.74, 6) is 0. The van der Waals surface area contributed by atoms with Crippen LogP contribution in [-0.4, -0.2) is 6.03 Å². The molecule has 1 rings (SSSR count). The van der Waals surface area contributed by atoms with E-state index in [1.807, 2.05) is 24.3 Å². The van der Waals surface area contributed by atoms with Crippen molar-refractivity contribution in [1.29, 1.82) is 0 Å². The maximum atomic E-state index is 10.4. The van der Waals surface area contributed by atoms with E-state index in [1.54, 1.807) is 0 Å². The van der Waals surface area contributed by atoms with Gasteiger partial charge in [-0.1, -0.05) is 25.1 Å². The van der Waals surface area contributed by atoms with Gasteiger partial charge in [-0.2, -0.15) is 4.83 Å². The molecule has 14 heavy (non-hydrogen) atoms. The number of hydrogen-bond acceptors (Lipinski definition) is 3. The summed E-state index contributed by atoms with van der Waals surface area (Å²) in [6, 6.07) is 7.39. The summed E-state index contributed by atoms with van der Waals surface area (Å²) in [7, 11) is 0. The molecule has 4 N–H and O–H groups in total. The summed E-state index contributed by atoms with van der Waals surface area (Å²) in [5, 5.41) is 0. The zero-order valence-electron chi connectivity index (χ0n) is 7.91. The minimum Gasteiger partial charge on any atom is -0.351 e. The van der Waals surface area contributed by atoms with Crippen LogP contribution in [-0.2, 0) is 6.42 Å². The number of nitrogens with one attached hydrogen (secondary N) is 2. The molecule has 1 aromatic rings. The lowest BCUT2D eigenvalue weighted by Crippen LogP contribution is -2.36.